The van der Waals surface area contributed by atoms with E-state index >= 15 is 0 Å². The monoisotopic (exact) mass is 250 g/mol. The molecule has 1 heterocycles. The summed E-state index contributed by atoms with van der Waals surface area (Å²) in [5.74, 6) is -0.347. The second-order valence-electron chi connectivity index (χ2n) is 4.96. The lowest BCUT2D eigenvalue weighted by molar-refractivity contribution is 0.0900. The van der Waals surface area contributed by atoms with Gasteiger partial charge in [0, 0.05) is 12.0 Å². The van der Waals surface area contributed by atoms with Crippen molar-refractivity contribution in [1.29, 1.82) is 0 Å². The van der Waals surface area contributed by atoms with E-state index < -0.39 is 5.63 Å². The van der Waals surface area contributed by atoms with Crippen LogP contribution in [0.3, 0.4) is 0 Å². The molecular formula is C14H18O4. The minimum Gasteiger partial charge on any atom is -0.507 e. The molecule has 1 aromatic heterocycles. The second-order valence-corrected chi connectivity index (χ2v) is 4.96. The minimum absolute atomic E-state index is 0.149. The third-order valence-corrected chi connectivity index (χ3v) is 3.53. The SMILES string of the molecule is Cc1cc(O)c(C(=O)C2CCCCCC2)c(=O)o1. The molecule has 1 aliphatic carbocycles. The van der Waals surface area contributed by atoms with Crippen LogP contribution < -0.4 is 5.63 Å². The molecule has 0 spiro atoms. The number of hydrogen-bond donors (Lipinski definition) is 1. The van der Waals surface area contributed by atoms with Crippen molar-refractivity contribution in [3.63, 3.8) is 0 Å². The Morgan fingerprint density at radius 3 is 2.44 bits per heavy atom. The summed E-state index contributed by atoms with van der Waals surface area (Å²) in [5, 5.41) is 9.76. The lowest BCUT2D eigenvalue weighted by atomic mass is 9.91. The molecule has 0 unspecified atom stereocenters. The van der Waals surface area contributed by atoms with E-state index in [-0.39, 0.29) is 23.0 Å². The Bertz CT molecular complexity index is 493. The molecule has 1 aliphatic rings. The van der Waals surface area contributed by atoms with E-state index in [1.165, 1.54) is 6.07 Å². The van der Waals surface area contributed by atoms with Gasteiger partial charge in [0.25, 0.3) is 0 Å². The fraction of sp³-hybridized carbons (Fsp3) is 0.571. The van der Waals surface area contributed by atoms with Crippen LogP contribution in [0.4, 0.5) is 0 Å². The first-order chi connectivity index (χ1) is 8.59. The maximum Gasteiger partial charge on any atom is 0.350 e. The zero-order chi connectivity index (χ0) is 13.1. The van der Waals surface area contributed by atoms with Gasteiger partial charge in [-0.05, 0) is 19.8 Å². The summed E-state index contributed by atoms with van der Waals surface area (Å²) in [7, 11) is 0. The quantitative estimate of drug-likeness (QED) is 0.647. The predicted molar refractivity (Wildman–Crippen MR) is 66.9 cm³/mol. The van der Waals surface area contributed by atoms with Gasteiger partial charge in [-0.1, -0.05) is 25.7 Å². The van der Waals surface area contributed by atoms with Gasteiger partial charge >= 0.3 is 5.63 Å². The van der Waals surface area contributed by atoms with Crippen LogP contribution in [-0.4, -0.2) is 10.9 Å². The summed E-state index contributed by atoms with van der Waals surface area (Å²) < 4.78 is 4.90. The number of aromatic hydroxyl groups is 1. The van der Waals surface area contributed by atoms with E-state index in [2.05, 4.69) is 0 Å². The molecule has 0 bridgehead atoms. The van der Waals surface area contributed by atoms with Crippen LogP contribution >= 0.6 is 0 Å². The molecule has 2 rings (SSSR count). The number of Topliss-reactive ketones (excluding diaryl/α,β-unsaturated/α-hetero) is 1. The summed E-state index contributed by atoms with van der Waals surface area (Å²) in [6.07, 6.45) is 5.89. The van der Waals surface area contributed by atoms with E-state index in [0.29, 0.717) is 5.76 Å². The van der Waals surface area contributed by atoms with Gasteiger partial charge in [0.1, 0.15) is 17.1 Å². The Kier molecular flexibility index (Phi) is 3.84. The first-order valence-electron chi connectivity index (χ1n) is 6.47. The minimum atomic E-state index is -0.721. The van der Waals surface area contributed by atoms with Crippen LogP contribution in [-0.2, 0) is 0 Å². The molecule has 0 saturated heterocycles. The molecule has 1 aromatic rings. The number of carbonyl (C=O) groups excluding carboxylic acids is 1. The highest BCUT2D eigenvalue weighted by molar-refractivity contribution is 5.99. The fourth-order valence-electron chi connectivity index (χ4n) is 2.57. The van der Waals surface area contributed by atoms with Crippen molar-refractivity contribution in [3.8, 4) is 5.75 Å². The number of carbonyl (C=O) groups is 1. The van der Waals surface area contributed by atoms with Crippen molar-refractivity contribution < 1.29 is 14.3 Å². The Morgan fingerprint density at radius 2 is 1.89 bits per heavy atom. The van der Waals surface area contributed by atoms with E-state index in [9.17, 15) is 14.7 Å². The van der Waals surface area contributed by atoms with Crippen molar-refractivity contribution in [2.45, 2.75) is 45.4 Å². The number of rotatable bonds is 2. The average Bonchev–Trinajstić information content (AvgIpc) is 2.55. The van der Waals surface area contributed by atoms with Crippen LogP contribution in [0, 0.1) is 12.8 Å². The zero-order valence-electron chi connectivity index (χ0n) is 10.6. The summed E-state index contributed by atoms with van der Waals surface area (Å²) in [6.45, 7) is 1.57. The topological polar surface area (TPSA) is 67.5 Å². The normalized spacial score (nSPS) is 17.4. The van der Waals surface area contributed by atoms with E-state index in [0.717, 1.165) is 38.5 Å². The largest absolute Gasteiger partial charge is 0.507 e. The molecule has 0 atom stereocenters. The van der Waals surface area contributed by atoms with Gasteiger partial charge in [-0.2, -0.15) is 0 Å². The standard InChI is InChI=1S/C14H18O4/c1-9-8-11(15)12(14(17)18-9)13(16)10-6-4-2-3-5-7-10/h8,10,15H,2-7H2,1H3. The summed E-state index contributed by atoms with van der Waals surface area (Å²) >= 11 is 0. The highest BCUT2D eigenvalue weighted by atomic mass is 16.4. The first kappa shape index (κ1) is 12.9. The number of ketones is 1. The lowest BCUT2D eigenvalue weighted by Gasteiger charge is -2.12. The van der Waals surface area contributed by atoms with Crippen LogP contribution in [0.5, 0.6) is 5.75 Å². The molecule has 1 fully saturated rings. The van der Waals surface area contributed by atoms with Gasteiger partial charge in [0.2, 0.25) is 0 Å². The van der Waals surface area contributed by atoms with Crippen molar-refractivity contribution >= 4 is 5.78 Å². The Morgan fingerprint density at radius 1 is 1.28 bits per heavy atom. The van der Waals surface area contributed by atoms with Crippen molar-refractivity contribution in [2.24, 2.45) is 5.92 Å². The van der Waals surface area contributed by atoms with E-state index in [1.807, 2.05) is 0 Å². The molecule has 0 aromatic carbocycles. The zero-order valence-corrected chi connectivity index (χ0v) is 10.6. The maximum atomic E-state index is 12.3. The van der Waals surface area contributed by atoms with Crippen molar-refractivity contribution in [2.75, 3.05) is 0 Å². The summed E-state index contributed by atoms with van der Waals surface area (Å²) in [4.78, 5) is 24.0. The molecule has 1 saturated carbocycles. The van der Waals surface area contributed by atoms with E-state index in [1.54, 1.807) is 6.92 Å². The van der Waals surface area contributed by atoms with E-state index in [4.69, 9.17) is 4.42 Å². The number of aryl methyl sites for hydroxylation is 1. The highest BCUT2D eigenvalue weighted by Crippen LogP contribution is 2.27. The molecule has 0 radical (unpaired) electrons. The fourth-order valence-corrected chi connectivity index (χ4v) is 2.57. The molecule has 0 amide bonds. The third kappa shape index (κ3) is 2.63. The average molecular weight is 250 g/mol. The summed E-state index contributed by atoms with van der Waals surface area (Å²) in [5.41, 5.74) is -0.894. The van der Waals surface area contributed by atoms with Gasteiger partial charge in [0.15, 0.2) is 5.78 Å². The summed E-state index contributed by atoms with van der Waals surface area (Å²) in [6, 6.07) is 1.32. The van der Waals surface area contributed by atoms with Crippen LogP contribution in [0.1, 0.15) is 54.6 Å². The van der Waals surface area contributed by atoms with Gasteiger partial charge in [-0.3, -0.25) is 4.79 Å². The molecule has 18 heavy (non-hydrogen) atoms. The molecule has 98 valence electrons. The molecule has 4 heteroatoms. The molecular weight excluding hydrogens is 232 g/mol. The Balaban J connectivity index is 2.30. The van der Waals surface area contributed by atoms with Crippen molar-refractivity contribution in [3.05, 3.63) is 27.8 Å². The predicted octanol–water partition coefficient (Wildman–Crippen LogP) is 2.81. The van der Waals surface area contributed by atoms with Crippen molar-refractivity contribution in [1.82, 2.24) is 0 Å². The highest BCUT2D eigenvalue weighted by Gasteiger charge is 2.27. The number of hydrogen-bond acceptors (Lipinski definition) is 4. The lowest BCUT2D eigenvalue weighted by Crippen LogP contribution is -2.22. The van der Waals surface area contributed by atoms with Gasteiger partial charge in [0.05, 0.1) is 0 Å². The van der Waals surface area contributed by atoms with Gasteiger partial charge < -0.3 is 9.52 Å². The molecule has 1 N–H and O–H groups in total. The van der Waals surface area contributed by atoms with Crippen LogP contribution in [0.2, 0.25) is 0 Å². The maximum absolute atomic E-state index is 12.3. The molecule has 4 nitrogen and oxygen atoms in total. The van der Waals surface area contributed by atoms with Crippen LogP contribution in [0.25, 0.3) is 0 Å². The Labute approximate surface area is 106 Å². The van der Waals surface area contributed by atoms with Gasteiger partial charge in [-0.25, -0.2) is 4.79 Å². The Hall–Kier alpha value is -1.58. The smallest absolute Gasteiger partial charge is 0.350 e. The van der Waals surface area contributed by atoms with Gasteiger partial charge in [-0.15, -0.1) is 0 Å². The third-order valence-electron chi connectivity index (χ3n) is 3.53. The van der Waals surface area contributed by atoms with Crippen LogP contribution in [0.15, 0.2) is 15.3 Å². The second kappa shape index (κ2) is 5.38. The first-order valence-corrected chi connectivity index (χ1v) is 6.47. The molecule has 0 aliphatic heterocycles.